The maximum Gasteiger partial charge on any atom is 0.223 e. The molecule has 1 N–H and O–H groups in total. The van der Waals surface area contributed by atoms with E-state index >= 15 is 0 Å². The lowest BCUT2D eigenvalue weighted by Crippen LogP contribution is -2.36. The second-order valence-electron chi connectivity index (χ2n) is 6.53. The maximum absolute atomic E-state index is 12.1. The monoisotopic (exact) mass is 320 g/mol. The molecule has 0 bridgehead atoms. The lowest BCUT2D eigenvalue weighted by molar-refractivity contribution is -0.121. The van der Waals surface area contributed by atoms with Crippen LogP contribution in [0.25, 0.3) is 0 Å². The third-order valence-corrected chi connectivity index (χ3v) is 3.57. The van der Waals surface area contributed by atoms with Crippen LogP contribution in [-0.2, 0) is 19.7 Å². The van der Waals surface area contributed by atoms with Crippen LogP contribution in [0.15, 0.2) is 24.3 Å². The standard InChI is InChI=1S/C18H28N2O3/c1-14(21)20(12-10-17(22)19-11-13-23-5)16-9-7-6-8-15(16)18(2,3)4/h6-9H,10-13H2,1-5H3,(H,19,22). The Balaban J connectivity index is 2.85. The van der Waals surface area contributed by atoms with Gasteiger partial charge in [0.05, 0.1) is 6.61 Å². The summed E-state index contributed by atoms with van der Waals surface area (Å²) in [5.74, 6) is -0.145. The zero-order valence-electron chi connectivity index (χ0n) is 14.8. The summed E-state index contributed by atoms with van der Waals surface area (Å²) < 4.78 is 4.90. The number of methoxy groups -OCH3 is 1. The van der Waals surface area contributed by atoms with Crippen LogP contribution in [-0.4, -0.2) is 38.6 Å². The molecule has 1 rings (SSSR count). The minimum absolute atomic E-state index is 0.0635. The maximum atomic E-state index is 12.1. The van der Waals surface area contributed by atoms with E-state index in [0.29, 0.717) is 19.7 Å². The number of nitrogens with zero attached hydrogens (tertiary/aromatic N) is 1. The third-order valence-electron chi connectivity index (χ3n) is 3.57. The molecule has 0 saturated heterocycles. The number of ether oxygens (including phenoxy) is 1. The summed E-state index contributed by atoms with van der Waals surface area (Å²) in [6.07, 6.45) is 0.266. The van der Waals surface area contributed by atoms with Crippen molar-refractivity contribution in [3.63, 3.8) is 0 Å². The highest BCUT2D eigenvalue weighted by Crippen LogP contribution is 2.32. The van der Waals surface area contributed by atoms with Gasteiger partial charge in [-0.25, -0.2) is 0 Å². The molecule has 0 unspecified atom stereocenters. The molecular weight excluding hydrogens is 292 g/mol. The largest absolute Gasteiger partial charge is 0.383 e. The average molecular weight is 320 g/mol. The molecule has 0 aromatic heterocycles. The van der Waals surface area contributed by atoms with E-state index in [1.165, 1.54) is 6.92 Å². The summed E-state index contributed by atoms with van der Waals surface area (Å²) in [5, 5.41) is 2.77. The minimum Gasteiger partial charge on any atom is -0.383 e. The van der Waals surface area contributed by atoms with E-state index in [4.69, 9.17) is 4.74 Å². The third kappa shape index (κ3) is 6.02. The number of nitrogens with one attached hydrogen (secondary N) is 1. The number of rotatable bonds is 7. The Labute approximate surface area is 139 Å². The van der Waals surface area contributed by atoms with E-state index < -0.39 is 0 Å². The number of benzene rings is 1. The van der Waals surface area contributed by atoms with Crippen LogP contribution in [0.2, 0.25) is 0 Å². The number of hydrogen-bond acceptors (Lipinski definition) is 3. The van der Waals surface area contributed by atoms with Crippen LogP contribution in [0.3, 0.4) is 0 Å². The molecule has 0 atom stereocenters. The molecule has 23 heavy (non-hydrogen) atoms. The number of carbonyl (C=O) groups excluding carboxylic acids is 2. The van der Waals surface area contributed by atoms with Gasteiger partial charge in [-0.3, -0.25) is 9.59 Å². The first-order valence-electron chi connectivity index (χ1n) is 7.90. The van der Waals surface area contributed by atoms with Crippen LogP contribution in [0.5, 0.6) is 0 Å². The van der Waals surface area contributed by atoms with Gasteiger partial charge in [-0.05, 0) is 17.0 Å². The van der Waals surface area contributed by atoms with Crippen LogP contribution in [0.1, 0.15) is 39.7 Å². The highest BCUT2D eigenvalue weighted by molar-refractivity contribution is 5.93. The van der Waals surface area contributed by atoms with Crippen molar-refractivity contribution in [2.75, 3.05) is 31.7 Å². The van der Waals surface area contributed by atoms with Crippen LogP contribution in [0.4, 0.5) is 5.69 Å². The minimum atomic E-state index is -0.0819. The summed E-state index contributed by atoms with van der Waals surface area (Å²) in [4.78, 5) is 25.6. The molecule has 0 aliphatic carbocycles. The van der Waals surface area contributed by atoms with Crippen molar-refractivity contribution in [2.45, 2.75) is 39.5 Å². The van der Waals surface area contributed by atoms with Crippen LogP contribution < -0.4 is 10.2 Å². The predicted octanol–water partition coefficient (Wildman–Crippen LogP) is 2.49. The highest BCUT2D eigenvalue weighted by Gasteiger charge is 2.23. The molecule has 0 saturated carbocycles. The predicted molar refractivity (Wildman–Crippen MR) is 92.7 cm³/mol. The Bertz CT molecular complexity index is 535. The van der Waals surface area contributed by atoms with E-state index in [9.17, 15) is 9.59 Å². The van der Waals surface area contributed by atoms with E-state index in [0.717, 1.165) is 11.3 Å². The van der Waals surface area contributed by atoms with Gasteiger partial charge < -0.3 is 15.0 Å². The zero-order chi connectivity index (χ0) is 17.5. The quantitative estimate of drug-likeness (QED) is 0.785. The Hall–Kier alpha value is -1.88. The highest BCUT2D eigenvalue weighted by atomic mass is 16.5. The fourth-order valence-corrected chi connectivity index (χ4v) is 2.38. The topological polar surface area (TPSA) is 58.6 Å². The Morgan fingerprint density at radius 2 is 1.87 bits per heavy atom. The van der Waals surface area contributed by atoms with Crippen molar-refractivity contribution in [3.8, 4) is 0 Å². The van der Waals surface area contributed by atoms with E-state index in [1.807, 2.05) is 24.3 Å². The Morgan fingerprint density at radius 3 is 2.43 bits per heavy atom. The summed E-state index contributed by atoms with van der Waals surface area (Å²) in [6, 6.07) is 7.85. The number of anilines is 1. The van der Waals surface area contributed by atoms with Crippen LogP contribution >= 0.6 is 0 Å². The van der Waals surface area contributed by atoms with Crippen molar-refractivity contribution in [1.82, 2.24) is 5.32 Å². The Morgan fingerprint density at radius 1 is 1.22 bits per heavy atom. The SMILES string of the molecule is COCCNC(=O)CCN(C(C)=O)c1ccccc1C(C)(C)C. The van der Waals surface area contributed by atoms with Gasteiger partial charge in [0.25, 0.3) is 0 Å². The van der Waals surface area contributed by atoms with Crippen molar-refractivity contribution < 1.29 is 14.3 Å². The Kier molecular flexibility index (Phi) is 7.23. The molecule has 128 valence electrons. The number of hydrogen-bond donors (Lipinski definition) is 1. The fraction of sp³-hybridized carbons (Fsp3) is 0.556. The molecule has 0 aliphatic heterocycles. The molecular formula is C18H28N2O3. The molecule has 0 fully saturated rings. The molecule has 0 radical (unpaired) electrons. The first-order chi connectivity index (χ1) is 10.8. The van der Waals surface area contributed by atoms with Gasteiger partial charge in [-0.1, -0.05) is 39.0 Å². The lowest BCUT2D eigenvalue weighted by atomic mass is 9.85. The number of amides is 2. The van der Waals surface area contributed by atoms with Crippen LogP contribution in [0, 0.1) is 0 Å². The van der Waals surface area contributed by atoms with Gasteiger partial charge in [-0.15, -0.1) is 0 Å². The van der Waals surface area contributed by atoms with E-state index in [-0.39, 0.29) is 23.7 Å². The molecule has 5 heteroatoms. The average Bonchev–Trinajstić information content (AvgIpc) is 2.47. The summed E-state index contributed by atoms with van der Waals surface area (Å²) in [6.45, 7) is 9.19. The molecule has 5 nitrogen and oxygen atoms in total. The normalized spacial score (nSPS) is 11.2. The van der Waals surface area contributed by atoms with Gasteiger partial charge in [0.15, 0.2) is 0 Å². The molecule has 1 aromatic rings. The van der Waals surface area contributed by atoms with Gasteiger partial charge in [0, 0.05) is 39.2 Å². The number of para-hydroxylation sites is 1. The number of carbonyl (C=O) groups is 2. The molecule has 0 heterocycles. The van der Waals surface area contributed by atoms with Gasteiger partial charge in [-0.2, -0.15) is 0 Å². The molecule has 2 amide bonds. The fourth-order valence-electron chi connectivity index (χ4n) is 2.38. The van der Waals surface area contributed by atoms with Crippen molar-refractivity contribution in [2.24, 2.45) is 0 Å². The van der Waals surface area contributed by atoms with E-state index in [2.05, 4.69) is 26.1 Å². The first-order valence-corrected chi connectivity index (χ1v) is 7.90. The lowest BCUT2D eigenvalue weighted by Gasteiger charge is -2.29. The van der Waals surface area contributed by atoms with E-state index in [1.54, 1.807) is 12.0 Å². The molecule has 0 spiro atoms. The summed E-state index contributed by atoms with van der Waals surface area (Å²) in [7, 11) is 1.59. The smallest absolute Gasteiger partial charge is 0.223 e. The second-order valence-corrected chi connectivity index (χ2v) is 6.53. The molecule has 0 aliphatic rings. The summed E-state index contributed by atoms with van der Waals surface area (Å²) >= 11 is 0. The second kappa shape index (κ2) is 8.67. The van der Waals surface area contributed by atoms with Gasteiger partial charge >= 0.3 is 0 Å². The van der Waals surface area contributed by atoms with Gasteiger partial charge in [0.1, 0.15) is 0 Å². The molecule has 1 aromatic carbocycles. The first kappa shape index (κ1) is 19.2. The van der Waals surface area contributed by atoms with Crippen molar-refractivity contribution in [1.29, 1.82) is 0 Å². The van der Waals surface area contributed by atoms with Crippen molar-refractivity contribution in [3.05, 3.63) is 29.8 Å². The van der Waals surface area contributed by atoms with Gasteiger partial charge in [0.2, 0.25) is 11.8 Å². The van der Waals surface area contributed by atoms with Crippen molar-refractivity contribution >= 4 is 17.5 Å². The zero-order valence-corrected chi connectivity index (χ0v) is 14.8. The summed E-state index contributed by atoms with van der Waals surface area (Å²) in [5.41, 5.74) is 1.89.